The summed E-state index contributed by atoms with van der Waals surface area (Å²) in [5, 5.41) is 8.98. The predicted octanol–water partition coefficient (Wildman–Crippen LogP) is 0.275. The molecule has 1 saturated heterocycles. The summed E-state index contributed by atoms with van der Waals surface area (Å²) in [5.41, 5.74) is 0. The van der Waals surface area contributed by atoms with Crippen LogP contribution in [0.3, 0.4) is 0 Å². The Bertz CT molecular complexity index is 654. The molecule has 0 aromatic carbocycles. The minimum atomic E-state index is -3.77. The van der Waals surface area contributed by atoms with E-state index in [0.717, 1.165) is 18.1 Å². The first kappa shape index (κ1) is 15.8. The molecule has 9 heteroatoms. The van der Waals surface area contributed by atoms with Crippen LogP contribution in [-0.2, 0) is 21.4 Å². The van der Waals surface area contributed by atoms with Crippen molar-refractivity contribution in [1.82, 2.24) is 14.7 Å². The van der Waals surface area contributed by atoms with E-state index in [9.17, 15) is 13.2 Å². The Kier molecular flexibility index (Phi) is 4.47. The first-order valence-electron chi connectivity index (χ1n) is 7.37. The van der Waals surface area contributed by atoms with Crippen LogP contribution >= 0.6 is 11.8 Å². The zero-order chi connectivity index (χ0) is 15.7. The molecule has 1 aliphatic heterocycles. The number of rotatable bonds is 4. The lowest BCUT2D eigenvalue weighted by molar-refractivity contribution is -0.135. The largest absolute Gasteiger partial charge is 0.336 e. The van der Waals surface area contributed by atoms with Gasteiger partial charge in [0.15, 0.2) is 0 Å². The van der Waals surface area contributed by atoms with Gasteiger partial charge in [0.1, 0.15) is 11.4 Å². The first-order chi connectivity index (χ1) is 10.4. The third kappa shape index (κ3) is 3.31. The Balaban J connectivity index is 1.68. The van der Waals surface area contributed by atoms with Crippen LogP contribution < -0.4 is 5.14 Å². The number of carbonyl (C=O) groups is 1. The number of hydrogen-bond donors (Lipinski definition) is 1. The third-order valence-corrected chi connectivity index (χ3v) is 6.33. The summed E-state index contributed by atoms with van der Waals surface area (Å²) in [6.45, 7) is 0.817. The summed E-state index contributed by atoms with van der Waals surface area (Å²) in [5.74, 6) is 2.57. The highest BCUT2D eigenvalue weighted by Crippen LogP contribution is 2.35. The summed E-state index contributed by atoms with van der Waals surface area (Å²) in [6, 6.07) is 0.313. The van der Waals surface area contributed by atoms with Crippen LogP contribution in [0.4, 0.5) is 0 Å². The molecule has 1 atom stereocenters. The van der Waals surface area contributed by atoms with Gasteiger partial charge in [0.2, 0.25) is 15.9 Å². The molecule has 1 aliphatic carbocycles. The maximum absolute atomic E-state index is 12.6. The molecule has 2 fully saturated rings. The molecule has 1 saturated carbocycles. The van der Waals surface area contributed by atoms with Crippen molar-refractivity contribution in [3.63, 3.8) is 0 Å². The summed E-state index contributed by atoms with van der Waals surface area (Å²) in [6.07, 6.45) is 6.14. The number of sulfonamides is 1. The number of aromatic nitrogens is 2. The minimum Gasteiger partial charge on any atom is -0.336 e. The molecule has 22 heavy (non-hydrogen) atoms. The number of nitrogens with zero attached hydrogens (tertiary/aromatic N) is 3. The lowest BCUT2D eigenvalue weighted by Crippen LogP contribution is -2.52. The molecule has 1 aromatic heterocycles. The highest BCUT2D eigenvalue weighted by Gasteiger charge is 2.36. The second-order valence-corrected chi connectivity index (χ2v) is 8.55. The van der Waals surface area contributed by atoms with Crippen LogP contribution in [0.1, 0.15) is 19.3 Å². The van der Waals surface area contributed by atoms with Gasteiger partial charge in [-0.1, -0.05) is 6.42 Å². The van der Waals surface area contributed by atoms with E-state index in [0.29, 0.717) is 12.0 Å². The number of hydrogen-bond acceptors (Lipinski definition) is 5. The SMILES string of the molecule is NS(=O)(=O)c1cnn(CC(=O)N2CCSCC2C2CCC2)c1. The van der Waals surface area contributed by atoms with E-state index in [4.69, 9.17) is 5.14 Å². The minimum absolute atomic E-state index is 0.00118. The van der Waals surface area contributed by atoms with Gasteiger partial charge in [-0.3, -0.25) is 9.48 Å². The van der Waals surface area contributed by atoms with Gasteiger partial charge in [-0.2, -0.15) is 16.9 Å². The van der Waals surface area contributed by atoms with Crippen LogP contribution in [0.25, 0.3) is 0 Å². The number of primary sulfonamides is 1. The second-order valence-electron chi connectivity index (χ2n) is 5.84. The second kappa shape index (κ2) is 6.21. The Labute approximate surface area is 134 Å². The maximum Gasteiger partial charge on any atom is 0.244 e. The van der Waals surface area contributed by atoms with Crippen molar-refractivity contribution in [3.8, 4) is 0 Å². The lowest BCUT2D eigenvalue weighted by atomic mass is 9.79. The Morgan fingerprint density at radius 1 is 1.45 bits per heavy atom. The van der Waals surface area contributed by atoms with Crippen molar-refractivity contribution in [3.05, 3.63) is 12.4 Å². The van der Waals surface area contributed by atoms with E-state index in [1.54, 1.807) is 0 Å². The first-order valence-corrected chi connectivity index (χ1v) is 10.1. The average molecular weight is 344 g/mol. The van der Waals surface area contributed by atoms with Crippen LogP contribution in [0.5, 0.6) is 0 Å². The van der Waals surface area contributed by atoms with E-state index >= 15 is 0 Å². The fourth-order valence-corrected chi connectivity index (χ4v) is 4.60. The van der Waals surface area contributed by atoms with Crippen molar-refractivity contribution < 1.29 is 13.2 Å². The van der Waals surface area contributed by atoms with Crippen LogP contribution in [0.2, 0.25) is 0 Å². The van der Waals surface area contributed by atoms with Crippen molar-refractivity contribution in [2.75, 3.05) is 18.1 Å². The van der Waals surface area contributed by atoms with Gasteiger partial charge in [-0.05, 0) is 18.8 Å². The van der Waals surface area contributed by atoms with Crippen molar-refractivity contribution in [1.29, 1.82) is 0 Å². The van der Waals surface area contributed by atoms with Crippen LogP contribution in [0, 0.1) is 5.92 Å². The average Bonchev–Trinajstić information content (AvgIpc) is 2.86. The highest BCUT2D eigenvalue weighted by atomic mass is 32.2. The van der Waals surface area contributed by atoms with E-state index in [-0.39, 0.29) is 17.3 Å². The van der Waals surface area contributed by atoms with Gasteiger partial charge < -0.3 is 4.90 Å². The quantitative estimate of drug-likeness (QED) is 0.846. The van der Waals surface area contributed by atoms with Gasteiger partial charge in [0.25, 0.3) is 0 Å². The highest BCUT2D eigenvalue weighted by molar-refractivity contribution is 7.99. The topological polar surface area (TPSA) is 98.3 Å². The molecule has 2 aliphatic rings. The van der Waals surface area contributed by atoms with Crippen molar-refractivity contribution >= 4 is 27.7 Å². The summed E-state index contributed by atoms with van der Waals surface area (Å²) >= 11 is 1.90. The Hall–Kier alpha value is -1.06. The zero-order valence-corrected chi connectivity index (χ0v) is 13.9. The number of carbonyl (C=O) groups excluding carboxylic acids is 1. The number of thioether (sulfide) groups is 1. The van der Waals surface area contributed by atoms with Gasteiger partial charge in [-0.25, -0.2) is 13.6 Å². The third-order valence-electron chi connectivity index (χ3n) is 4.42. The molecular formula is C13H20N4O3S2. The molecule has 122 valence electrons. The number of nitrogens with two attached hydrogens (primary N) is 1. The van der Waals surface area contributed by atoms with Crippen LogP contribution in [-0.4, -0.2) is 53.1 Å². The van der Waals surface area contributed by atoms with E-state index in [1.807, 2.05) is 16.7 Å². The van der Waals surface area contributed by atoms with E-state index < -0.39 is 10.0 Å². The standard InChI is InChI=1S/C13H20N4O3S2/c14-22(19,20)11-6-15-16(7-11)8-13(18)17-4-5-21-9-12(17)10-2-1-3-10/h6-7,10,12H,1-5,8-9H2,(H2,14,19,20). The van der Waals surface area contributed by atoms with E-state index in [1.165, 1.54) is 36.3 Å². The molecule has 0 spiro atoms. The Morgan fingerprint density at radius 2 is 2.23 bits per heavy atom. The lowest BCUT2D eigenvalue weighted by Gasteiger charge is -2.43. The molecule has 0 bridgehead atoms. The monoisotopic (exact) mass is 344 g/mol. The molecule has 3 rings (SSSR count). The normalized spacial score (nSPS) is 23.3. The molecular weight excluding hydrogens is 324 g/mol. The summed E-state index contributed by atoms with van der Waals surface area (Å²) in [4.78, 5) is 14.4. The molecule has 7 nitrogen and oxygen atoms in total. The van der Waals surface area contributed by atoms with Gasteiger partial charge in [0, 0.05) is 30.3 Å². The van der Waals surface area contributed by atoms with Crippen molar-refractivity contribution in [2.45, 2.75) is 36.7 Å². The van der Waals surface area contributed by atoms with Gasteiger partial charge in [0.05, 0.1) is 6.20 Å². The van der Waals surface area contributed by atoms with Gasteiger partial charge in [-0.15, -0.1) is 0 Å². The maximum atomic E-state index is 12.6. The Morgan fingerprint density at radius 3 is 2.82 bits per heavy atom. The molecule has 2 heterocycles. The summed E-state index contributed by atoms with van der Waals surface area (Å²) in [7, 11) is -3.77. The predicted molar refractivity (Wildman–Crippen MR) is 83.8 cm³/mol. The van der Waals surface area contributed by atoms with E-state index in [2.05, 4.69) is 5.10 Å². The van der Waals surface area contributed by atoms with Crippen molar-refractivity contribution in [2.24, 2.45) is 11.1 Å². The fraction of sp³-hybridized carbons (Fsp3) is 0.692. The number of amides is 1. The summed E-state index contributed by atoms with van der Waals surface area (Å²) < 4.78 is 23.8. The zero-order valence-electron chi connectivity index (χ0n) is 12.2. The molecule has 1 unspecified atom stereocenters. The smallest absolute Gasteiger partial charge is 0.244 e. The fourth-order valence-electron chi connectivity index (χ4n) is 2.95. The van der Waals surface area contributed by atoms with Crippen LogP contribution in [0.15, 0.2) is 17.3 Å². The molecule has 1 aromatic rings. The molecule has 1 amide bonds. The van der Waals surface area contributed by atoms with Gasteiger partial charge >= 0.3 is 0 Å². The molecule has 0 radical (unpaired) electrons. The molecule has 2 N–H and O–H groups in total.